The molecule has 0 saturated carbocycles. The summed E-state index contributed by atoms with van der Waals surface area (Å²) < 4.78 is 10.4. The Morgan fingerprint density at radius 1 is 1.03 bits per heavy atom. The van der Waals surface area contributed by atoms with Gasteiger partial charge in [0, 0.05) is 19.0 Å². The van der Waals surface area contributed by atoms with Crippen LogP contribution in [0, 0.1) is 0 Å². The van der Waals surface area contributed by atoms with Gasteiger partial charge in [0.1, 0.15) is 5.82 Å². The van der Waals surface area contributed by atoms with E-state index in [0.29, 0.717) is 0 Å². The van der Waals surface area contributed by atoms with Gasteiger partial charge in [-0.25, -0.2) is 9.67 Å². The largest absolute Gasteiger partial charge is 0.356 e. The minimum Gasteiger partial charge on any atom is -0.356 e. The zero-order chi connectivity index (χ0) is 27.2. The summed E-state index contributed by atoms with van der Waals surface area (Å²) in [6, 6.07) is 13.4. The van der Waals surface area contributed by atoms with Gasteiger partial charge in [-0.05, 0) is 85.6 Å². The molecule has 5 nitrogen and oxygen atoms in total. The van der Waals surface area contributed by atoms with E-state index in [-0.39, 0.29) is 17.1 Å². The predicted molar refractivity (Wildman–Crippen MR) is 159 cm³/mol. The summed E-state index contributed by atoms with van der Waals surface area (Å²) in [4.78, 5) is 5.17. The first-order valence-corrected chi connectivity index (χ1v) is 14.2. The molecule has 0 aliphatic carbocycles. The van der Waals surface area contributed by atoms with E-state index in [0.717, 1.165) is 43.6 Å². The Morgan fingerprint density at radius 3 is 2.53 bits per heavy atom. The predicted octanol–water partition coefficient (Wildman–Crippen LogP) is 8.47. The molecule has 1 atom stereocenters. The Balaban J connectivity index is 1.40. The zero-order valence-corrected chi connectivity index (χ0v) is 24.6. The van der Waals surface area contributed by atoms with Gasteiger partial charge in [-0.15, -0.1) is 0 Å². The number of fused-ring (bicyclic) bond motifs is 2. The number of nitrogens with zero attached hydrogens (tertiary/aromatic N) is 4. The highest BCUT2D eigenvalue weighted by atomic mass is 16.5. The summed E-state index contributed by atoms with van der Waals surface area (Å²) in [6.07, 6.45) is 7.50. The summed E-state index contributed by atoms with van der Waals surface area (Å²) in [7, 11) is 2.15. The lowest BCUT2D eigenvalue weighted by atomic mass is 9.79. The van der Waals surface area contributed by atoms with Crippen LogP contribution in [0.5, 0.6) is 0 Å². The van der Waals surface area contributed by atoms with Crippen LogP contribution in [0.1, 0.15) is 104 Å². The number of imidazole rings is 1. The number of ether oxygens (including phenoxy) is 1. The third kappa shape index (κ3) is 4.93. The molecule has 0 N–H and O–H groups in total. The van der Waals surface area contributed by atoms with Crippen molar-refractivity contribution in [2.24, 2.45) is 7.05 Å². The number of para-hydroxylation sites is 1. The maximum atomic E-state index is 6.05. The van der Waals surface area contributed by atoms with Crippen LogP contribution in [-0.4, -0.2) is 25.9 Å². The number of aromatic nitrogens is 4. The molecule has 3 heterocycles. The van der Waals surface area contributed by atoms with E-state index in [2.05, 4.69) is 101 Å². The summed E-state index contributed by atoms with van der Waals surface area (Å²) in [6.45, 7) is 16.8. The van der Waals surface area contributed by atoms with Crippen LogP contribution in [0.3, 0.4) is 0 Å². The lowest BCUT2D eigenvalue weighted by Crippen LogP contribution is -2.20. The van der Waals surface area contributed by atoms with Gasteiger partial charge in [0.25, 0.3) is 0 Å². The normalized spacial score (nSPS) is 17.8. The van der Waals surface area contributed by atoms with Crippen LogP contribution in [-0.2, 0) is 22.6 Å². The number of benzene rings is 2. The molecule has 0 radical (unpaired) electrons. The Kier molecular flexibility index (Phi) is 7.02. The highest BCUT2D eigenvalue weighted by Gasteiger charge is 2.25. The molecule has 1 unspecified atom stereocenters. The average molecular weight is 513 g/mol. The Morgan fingerprint density at radius 2 is 1.82 bits per heavy atom. The van der Waals surface area contributed by atoms with Gasteiger partial charge in [-0.2, -0.15) is 5.10 Å². The van der Waals surface area contributed by atoms with E-state index in [1.54, 1.807) is 0 Å². The van der Waals surface area contributed by atoms with Gasteiger partial charge in [0.05, 0.1) is 22.7 Å². The summed E-state index contributed by atoms with van der Waals surface area (Å²) in [5, 5.41) is 5.88. The highest BCUT2D eigenvalue weighted by Crippen LogP contribution is 2.36. The minimum absolute atomic E-state index is 0.0318. The SMILES string of the molecule is C/C(CCC(C)(C)c1ccc2cnn(C3CCCCO3)c2c1)=C(/C)c1nc2c(C(C)(C)C)cccc2n1C. The van der Waals surface area contributed by atoms with E-state index in [1.807, 2.05) is 6.20 Å². The summed E-state index contributed by atoms with van der Waals surface area (Å²) >= 11 is 0. The third-order valence-electron chi connectivity index (χ3n) is 8.63. The average Bonchev–Trinajstić information content (AvgIpc) is 3.47. The molecular weight excluding hydrogens is 468 g/mol. The molecule has 5 heteroatoms. The van der Waals surface area contributed by atoms with Crippen LogP contribution in [0.15, 0.2) is 48.2 Å². The van der Waals surface area contributed by atoms with Crippen molar-refractivity contribution in [1.29, 1.82) is 0 Å². The second kappa shape index (κ2) is 10.00. The van der Waals surface area contributed by atoms with Gasteiger partial charge in [0.15, 0.2) is 6.23 Å². The molecule has 0 spiro atoms. The smallest absolute Gasteiger partial charge is 0.150 e. The lowest BCUT2D eigenvalue weighted by molar-refractivity contribution is -0.0366. The van der Waals surface area contributed by atoms with Crippen molar-refractivity contribution in [3.63, 3.8) is 0 Å². The Bertz CT molecular complexity index is 1490. The van der Waals surface area contributed by atoms with Crippen LogP contribution in [0.2, 0.25) is 0 Å². The first kappa shape index (κ1) is 26.7. The van der Waals surface area contributed by atoms with E-state index < -0.39 is 0 Å². The fraction of sp³-hybridized carbons (Fsp3) is 0.515. The summed E-state index contributed by atoms with van der Waals surface area (Å²) in [5.74, 6) is 1.07. The molecule has 1 fully saturated rings. The number of allylic oxidation sites excluding steroid dienone is 2. The summed E-state index contributed by atoms with van der Waals surface area (Å²) in [5.41, 5.74) is 8.93. The Hall–Kier alpha value is -2.92. The van der Waals surface area contributed by atoms with Gasteiger partial charge >= 0.3 is 0 Å². The molecule has 4 aromatic rings. The van der Waals surface area contributed by atoms with Crippen molar-refractivity contribution >= 4 is 27.5 Å². The van der Waals surface area contributed by atoms with Gasteiger partial charge in [-0.1, -0.05) is 64.5 Å². The number of hydrogen-bond donors (Lipinski definition) is 0. The molecule has 1 saturated heterocycles. The zero-order valence-electron chi connectivity index (χ0n) is 24.6. The lowest BCUT2D eigenvalue weighted by Gasteiger charge is -2.27. The molecule has 0 amide bonds. The second-order valence-corrected chi connectivity index (χ2v) is 12.9. The van der Waals surface area contributed by atoms with Crippen LogP contribution in [0.25, 0.3) is 27.5 Å². The molecule has 5 rings (SSSR count). The number of aryl methyl sites for hydroxylation is 1. The van der Waals surface area contributed by atoms with Crippen molar-refractivity contribution in [3.05, 3.63) is 65.1 Å². The van der Waals surface area contributed by atoms with Crippen LogP contribution >= 0.6 is 0 Å². The quantitative estimate of drug-likeness (QED) is 0.260. The number of hydrogen-bond acceptors (Lipinski definition) is 3. The first-order chi connectivity index (χ1) is 18.0. The maximum Gasteiger partial charge on any atom is 0.150 e. The van der Waals surface area contributed by atoms with E-state index >= 15 is 0 Å². The Labute approximate surface area is 227 Å². The molecular formula is C33H44N4O. The number of rotatable bonds is 6. The van der Waals surface area contributed by atoms with Crippen molar-refractivity contribution in [2.45, 2.75) is 97.6 Å². The van der Waals surface area contributed by atoms with Crippen molar-refractivity contribution < 1.29 is 4.74 Å². The standard InChI is InChI=1S/C33H44N4O/c1-22(23(2)31-35-30-26(32(3,4)5)12-11-13-27(30)36(31)8)17-18-33(6,7)25-16-15-24-21-34-37(28(24)20-25)29-14-9-10-19-38-29/h11-13,15-16,20-21,29H,9-10,14,17-19H2,1-8H3/b23-22+. The van der Waals surface area contributed by atoms with Crippen molar-refractivity contribution in [2.75, 3.05) is 6.61 Å². The van der Waals surface area contributed by atoms with Gasteiger partial charge < -0.3 is 9.30 Å². The topological polar surface area (TPSA) is 44.9 Å². The highest BCUT2D eigenvalue weighted by molar-refractivity contribution is 5.84. The van der Waals surface area contributed by atoms with Crippen LogP contribution < -0.4 is 0 Å². The van der Waals surface area contributed by atoms with Gasteiger partial charge in [-0.3, -0.25) is 0 Å². The molecule has 2 aromatic carbocycles. The fourth-order valence-corrected chi connectivity index (χ4v) is 5.78. The molecule has 0 bridgehead atoms. The fourth-order valence-electron chi connectivity index (χ4n) is 5.78. The monoisotopic (exact) mass is 512 g/mol. The minimum atomic E-state index is 0.0318. The van der Waals surface area contributed by atoms with Gasteiger partial charge in [0.2, 0.25) is 0 Å². The van der Waals surface area contributed by atoms with Crippen LogP contribution in [0.4, 0.5) is 0 Å². The van der Waals surface area contributed by atoms with Crippen molar-refractivity contribution in [1.82, 2.24) is 19.3 Å². The van der Waals surface area contributed by atoms with Crippen molar-refractivity contribution in [3.8, 4) is 0 Å². The second-order valence-electron chi connectivity index (χ2n) is 12.9. The maximum absolute atomic E-state index is 6.05. The van der Waals surface area contributed by atoms with E-state index in [1.165, 1.54) is 45.1 Å². The van der Waals surface area contributed by atoms with E-state index in [9.17, 15) is 0 Å². The molecule has 38 heavy (non-hydrogen) atoms. The molecule has 1 aliphatic heterocycles. The van der Waals surface area contributed by atoms with E-state index in [4.69, 9.17) is 14.8 Å². The molecule has 202 valence electrons. The third-order valence-corrected chi connectivity index (χ3v) is 8.63. The molecule has 2 aromatic heterocycles. The first-order valence-electron chi connectivity index (χ1n) is 14.2. The molecule has 1 aliphatic rings.